The van der Waals surface area contributed by atoms with Crippen molar-refractivity contribution in [2.75, 3.05) is 13.6 Å². The van der Waals surface area contributed by atoms with E-state index in [1.807, 2.05) is 0 Å². The van der Waals surface area contributed by atoms with Crippen molar-refractivity contribution in [1.29, 1.82) is 0 Å². The lowest BCUT2D eigenvalue weighted by Crippen LogP contribution is -2.18. The third kappa shape index (κ3) is 3.85. The molecule has 0 bridgehead atoms. The van der Waals surface area contributed by atoms with Gasteiger partial charge in [0.25, 0.3) is 0 Å². The molecule has 0 heterocycles. The molecule has 1 unspecified atom stereocenters. The van der Waals surface area contributed by atoms with Gasteiger partial charge in [0, 0.05) is 6.54 Å². The molecule has 1 saturated carbocycles. The predicted octanol–water partition coefficient (Wildman–Crippen LogP) is 3.96. The van der Waals surface area contributed by atoms with Crippen LogP contribution in [0.5, 0.6) is 0 Å². The lowest BCUT2D eigenvalue weighted by molar-refractivity contribution is 0.443. The van der Waals surface area contributed by atoms with E-state index in [0.29, 0.717) is 5.92 Å². The highest BCUT2D eigenvalue weighted by Gasteiger charge is 2.17. The van der Waals surface area contributed by atoms with E-state index in [1.54, 1.807) is 0 Å². The summed E-state index contributed by atoms with van der Waals surface area (Å²) in [4.78, 5) is 0. The van der Waals surface area contributed by atoms with E-state index in [9.17, 15) is 0 Å². The van der Waals surface area contributed by atoms with Gasteiger partial charge in [-0.05, 0) is 37.3 Å². The topological polar surface area (TPSA) is 12.0 Å². The molecule has 1 aromatic rings. The van der Waals surface area contributed by atoms with Gasteiger partial charge in [-0.1, -0.05) is 56.0 Å². The maximum absolute atomic E-state index is 3.34. The van der Waals surface area contributed by atoms with Crippen LogP contribution in [0.2, 0.25) is 0 Å². The van der Waals surface area contributed by atoms with Crippen LogP contribution in [0.3, 0.4) is 0 Å². The van der Waals surface area contributed by atoms with Gasteiger partial charge in [0.2, 0.25) is 0 Å². The highest BCUT2D eigenvalue weighted by atomic mass is 14.8. The van der Waals surface area contributed by atoms with E-state index in [-0.39, 0.29) is 0 Å². The van der Waals surface area contributed by atoms with Crippen LogP contribution in [0.1, 0.15) is 50.0 Å². The summed E-state index contributed by atoms with van der Waals surface area (Å²) in [5.74, 6) is 1.71. The SMILES string of the molecule is CNCC(CCC1CCCC1)c1ccccc1. The Bertz CT molecular complexity index is 301. The maximum Gasteiger partial charge on any atom is 0.00171 e. The first-order chi connectivity index (χ1) is 8.40. The van der Waals surface area contributed by atoms with Crippen molar-refractivity contribution in [1.82, 2.24) is 5.32 Å². The van der Waals surface area contributed by atoms with E-state index in [2.05, 4.69) is 42.7 Å². The highest BCUT2D eigenvalue weighted by molar-refractivity contribution is 5.19. The molecular weight excluding hydrogens is 206 g/mol. The second-order valence-electron chi connectivity index (χ2n) is 5.39. The largest absolute Gasteiger partial charge is 0.319 e. The zero-order valence-electron chi connectivity index (χ0n) is 11.0. The third-order valence-electron chi connectivity index (χ3n) is 4.12. The van der Waals surface area contributed by atoms with Gasteiger partial charge in [0.05, 0.1) is 0 Å². The van der Waals surface area contributed by atoms with Crippen LogP contribution < -0.4 is 5.32 Å². The fourth-order valence-electron chi connectivity index (χ4n) is 3.09. The van der Waals surface area contributed by atoms with Crippen molar-refractivity contribution in [3.05, 3.63) is 35.9 Å². The van der Waals surface area contributed by atoms with Crippen LogP contribution in [-0.2, 0) is 0 Å². The molecule has 0 saturated heterocycles. The molecule has 1 fully saturated rings. The molecule has 1 aliphatic carbocycles. The molecule has 0 aromatic heterocycles. The van der Waals surface area contributed by atoms with Crippen molar-refractivity contribution in [3.63, 3.8) is 0 Å². The minimum absolute atomic E-state index is 0.696. The van der Waals surface area contributed by atoms with Gasteiger partial charge >= 0.3 is 0 Å². The van der Waals surface area contributed by atoms with Crippen LogP contribution in [0.25, 0.3) is 0 Å². The number of rotatable bonds is 6. The monoisotopic (exact) mass is 231 g/mol. The van der Waals surface area contributed by atoms with Gasteiger partial charge in [-0.2, -0.15) is 0 Å². The minimum atomic E-state index is 0.696. The summed E-state index contributed by atoms with van der Waals surface area (Å²) in [7, 11) is 2.06. The van der Waals surface area contributed by atoms with Gasteiger partial charge < -0.3 is 5.32 Å². The van der Waals surface area contributed by atoms with E-state index >= 15 is 0 Å². The number of hydrogen-bond donors (Lipinski definition) is 1. The summed E-state index contributed by atoms with van der Waals surface area (Å²) in [6.07, 6.45) is 8.64. The summed E-state index contributed by atoms with van der Waals surface area (Å²) >= 11 is 0. The lowest BCUT2D eigenvalue weighted by atomic mass is 9.89. The smallest absolute Gasteiger partial charge is 0.00171 e. The molecule has 94 valence electrons. The molecule has 1 heteroatoms. The van der Waals surface area contributed by atoms with Gasteiger partial charge in [-0.25, -0.2) is 0 Å². The Morgan fingerprint density at radius 3 is 2.53 bits per heavy atom. The second-order valence-corrected chi connectivity index (χ2v) is 5.39. The van der Waals surface area contributed by atoms with E-state index in [0.717, 1.165) is 12.5 Å². The normalized spacial score (nSPS) is 18.4. The summed E-state index contributed by atoms with van der Waals surface area (Å²) in [6.45, 7) is 1.11. The molecule has 1 N–H and O–H groups in total. The lowest BCUT2D eigenvalue weighted by Gasteiger charge is -2.19. The van der Waals surface area contributed by atoms with E-state index in [4.69, 9.17) is 0 Å². The second kappa shape index (κ2) is 6.80. The van der Waals surface area contributed by atoms with Gasteiger partial charge in [0.15, 0.2) is 0 Å². The highest BCUT2D eigenvalue weighted by Crippen LogP contribution is 2.31. The Hall–Kier alpha value is -0.820. The van der Waals surface area contributed by atoms with Crippen LogP contribution in [0.4, 0.5) is 0 Å². The molecule has 1 atom stereocenters. The number of nitrogens with one attached hydrogen (secondary N) is 1. The van der Waals surface area contributed by atoms with Crippen LogP contribution in [0, 0.1) is 5.92 Å². The first-order valence-corrected chi connectivity index (χ1v) is 7.09. The van der Waals surface area contributed by atoms with Crippen molar-refractivity contribution in [2.45, 2.75) is 44.4 Å². The van der Waals surface area contributed by atoms with Gasteiger partial charge in [-0.15, -0.1) is 0 Å². The van der Waals surface area contributed by atoms with E-state index in [1.165, 1.54) is 44.1 Å². The van der Waals surface area contributed by atoms with Crippen LogP contribution >= 0.6 is 0 Å². The van der Waals surface area contributed by atoms with Crippen molar-refractivity contribution >= 4 is 0 Å². The molecule has 2 rings (SSSR count). The molecule has 1 nitrogen and oxygen atoms in total. The summed E-state index contributed by atoms with van der Waals surface area (Å²) < 4.78 is 0. The molecule has 17 heavy (non-hydrogen) atoms. The molecule has 0 amide bonds. The fourth-order valence-corrected chi connectivity index (χ4v) is 3.09. The zero-order valence-corrected chi connectivity index (χ0v) is 11.0. The van der Waals surface area contributed by atoms with E-state index < -0.39 is 0 Å². The van der Waals surface area contributed by atoms with Crippen molar-refractivity contribution in [2.24, 2.45) is 5.92 Å². The van der Waals surface area contributed by atoms with Crippen LogP contribution in [0.15, 0.2) is 30.3 Å². The molecule has 0 spiro atoms. The fraction of sp³-hybridized carbons (Fsp3) is 0.625. The molecule has 0 aliphatic heterocycles. The molecule has 0 radical (unpaired) electrons. The quantitative estimate of drug-likeness (QED) is 0.781. The van der Waals surface area contributed by atoms with Gasteiger partial charge in [0.1, 0.15) is 0 Å². The minimum Gasteiger partial charge on any atom is -0.319 e. The first kappa shape index (κ1) is 12.6. The standard InChI is InChI=1S/C16H25N/c1-17-13-16(15-9-3-2-4-10-15)12-11-14-7-5-6-8-14/h2-4,9-10,14,16-17H,5-8,11-13H2,1H3. The molecular formula is C16H25N. The zero-order chi connectivity index (χ0) is 11.9. The third-order valence-corrected chi connectivity index (χ3v) is 4.12. The van der Waals surface area contributed by atoms with Crippen LogP contribution in [-0.4, -0.2) is 13.6 Å². The summed E-state index contributed by atoms with van der Waals surface area (Å²) in [5, 5.41) is 3.34. The number of benzene rings is 1. The first-order valence-electron chi connectivity index (χ1n) is 7.09. The Balaban J connectivity index is 1.88. The summed E-state index contributed by atoms with van der Waals surface area (Å²) in [6, 6.07) is 11.0. The number of likely N-dealkylation sites (N-methyl/N-ethyl adjacent to an activating group) is 1. The Labute approximate surface area is 106 Å². The Morgan fingerprint density at radius 2 is 1.88 bits per heavy atom. The average Bonchev–Trinajstić information content (AvgIpc) is 2.88. The maximum atomic E-state index is 3.34. The number of hydrogen-bond acceptors (Lipinski definition) is 1. The van der Waals surface area contributed by atoms with Gasteiger partial charge in [-0.3, -0.25) is 0 Å². The summed E-state index contributed by atoms with van der Waals surface area (Å²) in [5.41, 5.74) is 1.50. The molecule has 1 aromatic carbocycles. The Morgan fingerprint density at radius 1 is 1.18 bits per heavy atom. The predicted molar refractivity (Wildman–Crippen MR) is 74.3 cm³/mol. The molecule has 1 aliphatic rings. The van der Waals surface area contributed by atoms with Crippen molar-refractivity contribution < 1.29 is 0 Å². The van der Waals surface area contributed by atoms with Crippen molar-refractivity contribution in [3.8, 4) is 0 Å². The average molecular weight is 231 g/mol. The Kier molecular flexibility index (Phi) is 5.06.